The molecule has 0 bridgehead atoms. The van der Waals surface area contributed by atoms with E-state index in [4.69, 9.17) is 5.84 Å². The zero-order chi connectivity index (χ0) is 13.8. The highest BCUT2D eigenvalue weighted by atomic mass is 32.1. The first-order valence-corrected chi connectivity index (χ1v) is 7.45. The molecule has 0 radical (unpaired) electrons. The molecule has 0 atom stereocenters. The average Bonchev–Trinajstić information content (AvgIpc) is 2.84. The third kappa shape index (κ3) is 3.40. The fraction of sp³-hybridized carbons (Fsp3) is 0.538. The van der Waals surface area contributed by atoms with Crippen LogP contribution in [0.15, 0.2) is 11.4 Å². The lowest BCUT2D eigenvalue weighted by molar-refractivity contribution is 0.243. The summed E-state index contributed by atoms with van der Waals surface area (Å²) in [5.41, 5.74) is 2.67. The lowest BCUT2D eigenvalue weighted by atomic mass is 10.2. The summed E-state index contributed by atoms with van der Waals surface area (Å²) in [6.45, 7) is 9.41. The van der Waals surface area contributed by atoms with E-state index < -0.39 is 0 Å². The fourth-order valence-electron chi connectivity index (χ4n) is 2.10. The molecule has 2 rings (SSSR count). The summed E-state index contributed by atoms with van der Waals surface area (Å²) in [4.78, 5) is 12.4. The van der Waals surface area contributed by atoms with E-state index in [1.165, 1.54) is 0 Å². The van der Waals surface area contributed by atoms with E-state index in [-0.39, 0.29) is 0 Å². The Morgan fingerprint density at radius 1 is 1.42 bits per heavy atom. The third-order valence-corrected chi connectivity index (χ3v) is 3.75. The van der Waals surface area contributed by atoms with Gasteiger partial charge in [0.15, 0.2) is 5.82 Å². The zero-order valence-corrected chi connectivity index (χ0v) is 12.5. The van der Waals surface area contributed by atoms with Gasteiger partial charge in [0.05, 0.1) is 11.9 Å². The Morgan fingerprint density at radius 3 is 2.84 bits per heavy atom. The molecule has 2 aromatic heterocycles. The summed E-state index contributed by atoms with van der Waals surface area (Å²) in [5, 5.41) is 3.00. The van der Waals surface area contributed by atoms with E-state index in [0.717, 1.165) is 35.7 Å². The fourth-order valence-corrected chi connectivity index (χ4v) is 2.88. The Hall–Kier alpha value is -1.24. The minimum absolute atomic E-state index is 0.637. The Morgan fingerprint density at radius 2 is 2.21 bits per heavy atom. The third-order valence-electron chi connectivity index (χ3n) is 2.94. The molecule has 3 N–H and O–H groups in total. The molecule has 0 unspecified atom stereocenters. The Bertz CT molecular complexity index is 537. The van der Waals surface area contributed by atoms with Crippen molar-refractivity contribution in [3.63, 3.8) is 0 Å². The second kappa shape index (κ2) is 6.27. The number of fused-ring (bicyclic) bond motifs is 1. The second-order valence-electron chi connectivity index (χ2n) is 4.99. The number of thiophene rings is 1. The highest BCUT2D eigenvalue weighted by Gasteiger charge is 2.12. The molecule has 0 saturated carbocycles. The maximum Gasteiger partial charge on any atom is 0.152 e. The van der Waals surface area contributed by atoms with Crippen LogP contribution in [0.3, 0.4) is 0 Å². The van der Waals surface area contributed by atoms with Gasteiger partial charge in [0.2, 0.25) is 0 Å². The van der Waals surface area contributed by atoms with Crippen LogP contribution in [0.5, 0.6) is 0 Å². The van der Waals surface area contributed by atoms with Gasteiger partial charge >= 0.3 is 0 Å². The molecule has 0 spiro atoms. The van der Waals surface area contributed by atoms with Crippen LogP contribution in [0.4, 0.5) is 5.82 Å². The molecule has 2 heterocycles. The molecule has 0 saturated heterocycles. The van der Waals surface area contributed by atoms with Gasteiger partial charge in [-0.05, 0) is 23.9 Å². The van der Waals surface area contributed by atoms with Crippen LogP contribution < -0.4 is 11.3 Å². The van der Waals surface area contributed by atoms with Gasteiger partial charge in [0.1, 0.15) is 10.7 Å². The topological polar surface area (TPSA) is 67.1 Å². The number of hydrogen-bond donors (Lipinski definition) is 2. The zero-order valence-electron chi connectivity index (χ0n) is 11.7. The van der Waals surface area contributed by atoms with Crippen molar-refractivity contribution < 1.29 is 0 Å². The maximum atomic E-state index is 5.54. The van der Waals surface area contributed by atoms with Gasteiger partial charge in [0, 0.05) is 6.54 Å². The summed E-state index contributed by atoms with van der Waals surface area (Å²) in [7, 11) is 0. The van der Waals surface area contributed by atoms with Crippen LogP contribution in [0.2, 0.25) is 0 Å². The molecule has 5 nitrogen and oxygen atoms in total. The van der Waals surface area contributed by atoms with Crippen molar-refractivity contribution in [2.75, 3.05) is 18.5 Å². The van der Waals surface area contributed by atoms with Crippen molar-refractivity contribution in [1.82, 2.24) is 14.9 Å². The quantitative estimate of drug-likeness (QED) is 0.628. The van der Waals surface area contributed by atoms with Gasteiger partial charge in [-0.2, -0.15) is 0 Å². The number of nitrogens with two attached hydrogens (primary N) is 1. The van der Waals surface area contributed by atoms with E-state index in [1.54, 1.807) is 11.3 Å². The second-order valence-corrected chi connectivity index (χ2v) is 5.89. The number of hydrogen-bond acceptors (Lipinski definition) is 6. The van der Waals surface area contributed by atoms with Crippen molar-refractivity contribution in [3.8, 4) is 0 Å². The molecular formula is C13H21N5S. The standard InChI is InChI=1S/C13H21N5S/c1-4-18(7-9(2)3)8-11-15-12(17-14)10-5-6-19-13(10)16-11/h5-6,9H,4,7-8,14H2,1-3H3,(H,15,16,17). The SMILES string of the molecule is CCN(Cc1nc(NN)c2ccsc2n1)CC(C)C. The van der Waals surface area contributed by atoms with Gasteiger partial charge in [-0.15, -0.1) is 11.3 Å². The van der Waals surface area contributed by atoms with Gasteiger partial charge < -0.3 is 5.43 Å². The summed E-state index contributed by atoms with van der Waals surface area (Å²) >= 11 is 1.61. The summed E-state index contributed by atoms with van der Waals surface area (Å²) in [6.07, 6.45) is 0. The molecule has 0 fully saturated rings. The number of aromatic nitrogens is 2. The highest BCUT2D eigenvalue weighted by molar-refractivity contribution is 7.16. The van der Waals surface area contributed by atoms with Crippen LogP contribution in [0.25, 0.3) is 10.2 Å². The minimum atomic E-state index is 0.637. The smallest absolute Gasteiger partial charge is 0.152 e. The molecule has 0 aromatic carbocycles. The van der Waals surface area contributed by atoms with E-state index in [2.05, 4.69) is 41.1 Å². The number of nitrogens with one attached hydrogen (secondary N) is 1. The van der Waals surface area contributed by atoms with Crippen LogP contribution in [-0.4, -0.2) is 28.0 Å². The van der Waals surface area contributed by atoms with Crippen LogP contribution >= 0.6 is 11.3 Å². The lowest BCUT2D eigenvalue weighted by Crippen LogP contribution is -2.28. The number of hydrazine groups is 1. The molecular weight excluding hydrogens is 258 g/mol. The van der Waals surface area contributed by atoms with Crippen molar-refractivity contribution in [2.45, 2.75) is 27.3 Å². The van der Waals surface area contributed by atoms with Gasteiger partial charge in [-0.1, -0.05) is 20.8 Å². The molecule has 2 aromatic rings. The van der Waals surface area contributed by atoms with Gasteiger partial charge in [0.25, 0.3) is 0 Å². The predicted octanol–water partition coefficient (Wildman–Crippen LogP) is 2.45. The van der Waals surface area contributed by atoms with E-state index in [1.807, 2.05) is 11.4 Å². The molecule has 104 valence electrons. The first-order valence-electron chi connectivity index (χ1n) is 6.57. The Labute approximate surface area is 117 Å². The van der Waals surface area contributed by atoms with Crippen LogP contribution in [0, 0.1) is 5.92 Å². The highest BCUT2D eigenvalue weighted by Crippen LogP contribution is 2.24. The number of anilines is 1. The summed E-state index contributed by atoms with van der Waals surface area (Å²) < 4.78 is 0. The Balaban J connectivity index is 2.24. The monoisotopic (exact) mass is 279 g/mol. The molecule has 0 amide bonds. The predicted molar refractivity (Wildman–Crippen MR) is 81.0 cm³/mol. The molecule has 0 aliphatic rings. The Kier molecular flexibility index (Phi) is 4.68. The molecule has 6 heteroatoms. The minimum Gasteiger partial charge on any atom is -0.308 e. The largest absolute Gasteiger partial charge is 0.308 e. The van der Waals surface area contributed by atoms with Crippen molar-refractivity contribution in [2.24, 2.45) is 11.8 Å². The number of nitrogen functional groups attached to an aromatic ring is 1. The first-order chi connectivity index (χ1) is 9.13. The molecule has 0 aliphatic carbocycles. The van der Waals surface area contributed by atoms with E-state index in [9.17, 15) is 0 Å². The maximum absolute atomic E-state index is 5.54. The lowest BCUT2D eigenvalue weighted by Gasteiger charge is -2.21. The van der Waals surface area contributed by atoms with Crippen molar-refractivity contribution >= 4 is 27.4 Å². The number of rotatable bonds is 6. The van der Waals surface area contributed by atoms with E-state index in [0.29, 0.717) is 11.7 Å². The van der Waals surface area contributed by atoms with Crippen molar-refractivity contribution in [1.29, 1.82) is 0 Å². The van der Waals surface area contributed by atoms with Crippen LogP contribution in [0.1, 0.15) is 26.6 Å². The van der Waals surface area contributed by atoms with E-state index >= 15 is 0 Å². The normalized spacial score (nSPS) is 11.7. The van der Waals surface area contributed by atoms with Crippen LogP contribution in [-0.2, 0) is 6.54 Å². The van der Waals surface area contributed by atoms with Gasteiger partial charge in [-0.25, -0.2) is 15.8 Å². The van der Waals surface area contributed by atoms with Gasteiger partial charge in [-0.3, -0.25) is 4.90 Å². The summed E-state index contributed by atoms with van der Waals surface area (Å²) in [6, 6.07) is 1.99. The number of nitrogens with zero attached hydrogens (tertiary/aromatic N) is 3. The first kappa shape index (κ1) is 14.2. The molecule has 0 aliphatic heterocycles. The average molecular weight is 279 g/mol. The van der Waals surface area contributed by atoms with Crippen molar-refractivity contribution in [3.05, 3.63) is 17.3 Å². The molecule has 19 heavy (non-hydrogen) atoms. The summed E-state index contributed by atoms with van der Waals surface area (Å²) in [5.74, 6) is 7.71.